The number of aryl methyl sites for hydroxylation is 1. The molecule has 1 aliphatic heterocycles. The minimum Gasteiger partial charge on any atom is -0.366 e. The van der Waals surface area contributed by atoms with E-state index in [-0.39, 0.29) is 17.8 Å². The zero-order chi connectivity index (χ0) is 20.2. The largest absolute Gasteiger partial charge is 0.366 e. The van der Waals surface area contributed by atoms with E-state index in [9.17, 15) is 9.18 Å². The molecule has 1 aromatic heterocycles. The molecule has 0 unspecified atom stereocenters. The topological polar surface area (TPSA) is 28.5 Å². The number of rotatable bonds is 5. The van der Waals surface area contributed by atoms with Crippen LogP contribution in [0.25, 0.3) is 0 Å². The molecule has 150 valence electrons. The number of hydrogen-bond donors (Lipinski definition) is 0. The molecule has 3 aromatic rings. The van der Waals surface area contributed by atoms with Crippen LogP contribution in [0.5, 0.6) is 0 Å². The standard InChI is InChI=1S/C24H26FN3O/c1-19-7-6-8-20(17-19)23(26-11-4-5-12-26)18-24(29)28-15-13-27(14-16-28)22-10-3-2-9-21(22)25/h2-12,17,23H,13-16,18H2,1H3/t23-/m1/s1. The number of halogens is 1. The fraction of sp³-hybridized carbons (Fsp3) is 0.292. The molecule has 2 heterocycles. The van der Waals surface area contributed by atoms with Crippen LogP contribution in [0.2, 0.25) is 0 Å². The summed E-state index contributed by atoms with van der Waals surface area (Å²) >= 11 is 0. The van der Waals surface area contributed by atoms with Gasteiger partial charge < -0.3 is 14.4 Å². The summed E-state index contributed by atoms with van der Waals surface area (Å²) in [5.74, 6) is -0.0715. The highest BCUT2D eigenvalue weighted by molar-refractivity contribution is 5.77. The highest BCUT2D eigenvalue weighted by atomic mass is 19.1. The van der Waals surface area contributed by atoms with Crippen LogP contribution >= 0.6 is 0 Å². The lowest BCUT2D eigenvalue weighted by Gasteiger charge is -2.37. The summed E-state index contributed by atoms with van der Waals surface area (Å²) < 4.78 is 16.2. The molecule has 1 fully saturated rings. The van der Waals surface area contributed by atoms with Gasteiger partial charge in [0.2, 0.25) is 5.91 Å². The van der Waals surface area contributed by atoms with Crippen molar-refractivity contribution in [3.05, 3.63) is 90.0 Å². The third-order valence-electron chi connectivity index (χ3n) is 5.61. The van der Waals surface area contributed by atoms with Crippen LogP contribution in [0.4, 0.5) is 10.1 Å². The Hall–Kier alpha value is -3.08. The maximum absolute atomic E-state index is 14.1. The van der Waals surface area contributed by atoms with Gasteiger partial charge in [-0.1, -0.05) is 42.0 Å². The fourth-order valence-electron chi connectivity index (χ4n) is 4.03. The van der Waals surface area contributed by atoms with Crippen molar-refractivity contribution in [1.82, 2.24) is 9.47 Å². The monoisotopic (exact) mass is 391 g/mol. The molecule has 4 rings (SSSR count). The van der Waals surface area contributed by atoms with E-state index in [1.807, 2.05) is 46.5 Å². The van der Waals surface area contributed by atoms with Crippen LogP contribution in [0, 0.1) is 12.7 Å². The molecule has 0 N–H and O–H groups in total. The van der Waals surface area contributed by atoms with E-state index < -0.39 is 0 Å². The van der Waals surface area contributed by atoms with E-state index in [0.29, 0.717) is 38.3 Å². The third-order valence-corrected chi connectivity index (χ3v) is 5.61. The van der Waals surface area contributed by atoms with Crippen molar-refractivity contribution in [3.8, 4) is 0 Å². The average Bonchev–Trinajstić information content (AvgIpc) is 3.27. The van der Waals surface area contributed by atoms with Gasteiger partial charge in [0.05, 0.1) is 18.2 Å². The van der Waals surface area contributed by atoms with E-state index in [1.54, 1.807) is 12.1 Å². The Morgan fingerprint density at radius 2 is 1.69 bits per heavy atom. The number of piperazine rings is 1. The molecular weight excluding hydrogens is 365 g/mol. The number of nitrogens with zero attached hydrogens (tertiary/aromatic N) is 3. The van der Waals surface area contributed by atoms with Crippen LogP contribution < -0.4 is 4.90 Å². The molecule has 1 saturated heterocycles. The molecule has 2 aromatic carbocycles. The number of carbonyl (C=O) groups excluding carboxylic acids is 1. The fourth-order valence-corrected chi connectivity index (χ4v) is 4.03. The van der Waals surface area contributed by atoms with Crippen molar-refractivity contribution in [2.75, 3.05) is 31.1 Å². The van der Waals surface area contributed by atoms with Crippen LogP contribution in [0.3, 0.4) is 0 Å². The molecule has 29 heavy (non-hydrogen) atoms. The predicted octanol–water partition coefficient (Wildman–Crippen LogP) is 4.26. The van der Waals surface area contributed by atoms with Gasteiger partial charge in [0.25, 0.3) is 0 Å². The summed E-state index contributed by atoms with van der Waals surface area (Å²) in [6, 6.07) is 19.1. The minimum absolute atomic E-state index is 0.0259. The first kappa shape index (κ1) is 19.2. The zero-order valence-electron chi connectivity index (χ0n) is 16.7. The van der Waals surface area contributed by atoms with Crippen molar-refractivity contribution in [2.24, 2.45) is 0 Å². The Labute approximate surface area is 171 Å². The second kappa shape index (κ2) is 8.52. The minimum atomic E-state index is -0.209. The number of aromatic nitrogens is 1. The van der Waals surface area contributed by atoms with Gasteiger partial charge in [-0.3, -0.25) is 4.79 Å². The smallest absolute Gasteiger partial charge is 0.225 e. The summed E-state index contributed by atoms with van der Waals surface area (Å²) in [6.07, 6.45) is 4.44. The molecular formula is C24H26FN3O. The van der Waals surface area contributed by atoms with Crippen molar-refractivity contribution in [1.29, 1.82) is 0 Å². The summed E-state index contributed by atoms with van der Waals surface area (Å²) in [5.41, 5.74) is 2.94. The molecule has 4 nitrogen and oxygen atoms in total. The summed E-state index contributed by atoms with van der Waals surface area (Å²) in [6.45, 7) is 4.58. The maximum Gasteiger partial charge on any atom is 0.225 e. The van der Waals surface area contributed by atoms with Crippen molar-refractivity contribution in [2.45, 2.75) is 19.4 Å². The Bertz CT molecular complexity index is 962. The molecule has 0 spiro atoms. The normalized spacial score (nSPS) is 15.4. The Kier molecular flexibility index (Phi) is 5.65. The van der Waals surface area contributed by atoms with Crippen LogP contribution in [0.15, 0.2) is 73.1 Å². The first-order valence-electron chi connectivity index (χ1n) is 10.1. The lowest BCUT2D eigenvalue weighted by molar-refractivity contribution is -0.132. The summed E-state index contributed by atoms with van der Waals surface area (Å²) in [7, 11) is 0. The predicted molar refractivity (Wildman–Crippen MR) is 114 cm³/mol. The Balaban J connectivity index is 1.44. The SMILES string of the molecule is Cc1cccc([C@@H](CC(=O)N2CCN(c3ccccc3F)CC2)n2cccc2)c1. The van der Waals surface area contributed by atoms with Crippen molar-refractivity contribution < 1.29 is 9.18 Å². The highest BCUT2D eigenvalue weighted by Gasteiger charge is 2.26. The molecule has 1 amide bonds. The second-order valence-corrected chi connectivity index (χ2v) is 7.58. The maximum atomic E-state index is 14.1. The number of amides is 1. The van der Waals surface area contributed by atoms with E-state index in [0.717, 1.165) is 5.56 Å². The number of para-hydroxylation sites is 1. The molecule has 1 atom stereocenters. The van der Waals surface area contributed by atoms with E-state index >= 15 is 0 Å². The molecule has 0 radical (unpaired) electrons. The quantitative estimate of drug-likeness (QED) is 0.650. The lowest BCUT2D eigenvalue weighted by atomic mass is 10.0. The van der Waals surface area contributed by atoms with Gasteiger partial charge in [-0.2, -0.15) is 0 Å². The first-order valence-corrected chi connectivity index (χ1v) is 10.1. The first-order chi connectivity index (χ1) is 14.1. The van der Waals surface area contributed by atoms with Crippen molar-refractivity contribution >= 4 is 11.6 Å². The summed E-state index contributed by atoms with van der Waals surface area (Å²) in [4.78, 5) is 17.0. The molecule has 1 aliphatic rings. The number of carbonyl (C=O) groups is 1. The van der Waals surface area contributed by atoms with Gasteiger partial charge in [-0.15, -0.1) is 0 Å². The van der Waals surface area contributed by atoms with Gasteiger partial charge in [0.1, 0.15) is 5.82 Å². The van der Waals surface area contributed by atoms with E-state index in [2.05, 4.69) is 29.7 Å². The van der Waals surface area contributed by atoms with Gasteiger partial charge in [-0.05, 0) is 36.8 Å². The third kappa shape index (κ3) is 4.34. The van der Waals surface area contributed by atoms with E-state index in [4.69, 9.17) is 0 Å². The van der Waals surface area contributed by atoms with Gasteiger partial charge >= 0.3 is 0 Å². The Morgan fingerprint density at radius 3 is 2.38 bits per heavy atom. The molecule has 0 aliphatic carbocycles. The lowest BCUT2D eigenvalue weighted by Crippen LogP contribution is -2.49. The highest BCUT2D eigenvalue weighted by Crippen LogP contribution is 2.25. The number of hydrogen-bond acceptors (Lipinski definition) is 2. The van der Waals surface area contributed by atoms with Crippen LogP contribution in [-0.4, -0.2) is 41.6 Å². The number of benzene rings is 2. The molecule has 5 heteroatoms. The van der Waals surface area contributed by atoms with Gasteiger partial charge in [0, 0.05) is 38.6 Å². The number of anilines is 1. The van der Waals surface area contributed by atoms with Crippen molar-refractivity contribution in [3.63, 3.8) is 0 Å². The van der Waals surface area contributed by atoms with Crippen LogP contribution in [-0.2, 0) is 4.79 Å². The van der Waals surface area contributed by atoms with Gasteiger partial charge in [0.15, 0.2) is 0 Å². The molecule has 0 bridgehead atoms. The second-order valence-electron chi connectivity index (χ2n) is 7.58. The van der Waals surface area contributed by atoms with Gasteiger partial charge in [-0.25, -0.2) is 4.39 Å². The zero-order valence-corrected chi connectivity index (χ0v) is 16.7. The molecule has 0 saturated carbocycles. The van der Waals surface area contributed by atoms with E-state index in [1.165, 1.54) is 11.6 Å². The van der Waals surface area contributed by atoms with Crippen LogP contribution in [0.1, 0.15) is 23.6 Å². The average molecular weight is 391 g/mol. The Morgan fingerprint density at radius 1 is 0.966 bits per heavy atom. The summed E-state index contributed by atoms with van der Waals surface area (Å²) in [5, 5.41) is 0.